The van der Waals surface area contributed by atoms with Crippen molar-refractivity contribution in [2.75, 3.05) is 24.6 Å². The van der Waals surface area contributed by atoms with E-state index in [1.54, 1.807) is 12.1 Å². The zero-order chi connectivity index (χ0) is 18.3. The van der Waals surface area contributed by atoms with Crippen LogP contribution in [-0.2, 0) is 9.53 Å². The molecule has 0 unspecified atom stereocenters. The number of nitrogens with zero attached hydrogens (tertiary/aromatic N) is 2. The van der Waals surface area contributed by atoms with Gasteiger partial charge in [0.1, 0.15) is 5.54 Å². The Morgan fingerprint density at radius 1 is 1.20 bits per heavy atom. The van der Waals surface area contributed by atoms with Crippen LogP contribution in [0.5, 0.6) is 0 Å². The number of rotatable bonds is 7. The van der Waals surface area contributed by atoms with Gasteiger partial charge in [-0.15, -0.1) is 0 Å². The van der Waals surface area contributed by atoms with E-state index in [9.17, 15) is 14.9 Å². The van der Waals surface area contributed by atoms with Gasteiger partial charge in [-0.3, -0.25) is 4.79 Å². The molecule has 1 aromatic rings. The molecule has 2 rings (SSSR count). The molecule has 25 heavy (non-hydrogen) atoms. The molecule has 6 heteroatoms. The SMILES string of the molecule is CCN(CC)c1ccc(C(=O)OCC(=O)NC2(C#N)CCCC2)cc1. The number of ether oxygens (including phenoxy) is 1. The molecule has 1 aliphatic rings. The minimum absolute atomic E-state index is 0.375. The van der Waals surface area contributed by atoms with Crippen molar-refractivity contribution in [1.29, 1.82) is 5.26 Å². The molecule has 1 aliphatic carbocycles. The third kappa shape index (κ3) is 4.72. The zero-order valence-electron chi connectivity index (χ0n) is 14.9. The van der Waals surface area contributed by atoms with Crippen LogP contribution in [0.1, 0.15) is 49.9 Å². The summed E-state index contributed by atoms with van der Waals surface area (Å²) in [7, 11) is 0. The van der Waals surface area contributed by atoms with Crippen molar-refractivity contribution >= 4 is 17.6 Å². The van der Waals surface area contributed by atoms with Crippen LogP contribution < -0.4 is 10.2 Å². The topological polar surface area (TPSA) is 82.4 Å². The van der Waals surface area contributed by atoms with Gasteiger partial charge in [0.05, 0.1) is 11.6 Å². The van der Waals surface area contributed by atoms with Gasteiger partial charge >= 0.3 is 5.97 Å². The van der Waals surface area contributed by atoms with Crippen LogP contribution in [0.2, 0.25) is 0 Å². The number of hydrogen-bond donors (Lipinski definition) is 1. The minimum atomic E-state index is -0.797. The lowest BCUT2D eigenvalue weighted by molar-refractivity contribution is -0.125. The number of benzene rings is 1. The molecule has 0 heterocycles. The average molecular weight is 343 g/mol. The number of anilines is 1. The highest BCUT2D eigenvalue weighted by atomic mass is 16.5. The monoisotopic (exact) mass is 343 g/mol. The van der Waals surface area contributed by atoms with Gasteiger partial charge in [0.25, 0.3) is 5.91 Å². The van der Waals surface area contributed by atoms with Crippen LogP contribution in [0, 0.1) is 11.3 Å². The molecule has 1 fully saturated rings. The zero-order valence-corrected chi connectivity index (χ0v) is 14.9. The van der Waals surface area contributed by atoms with E-state index >= 15 is 0 Å². The Morgan fingerprint density at radius 3 is 2.32 bits per heavy atom. The summed E-state index contributed by atoms with van der Waals surface area (Å²) in [5.41, 5.74) is 0.644. The lowest BCUT2D eigenvalue weighted by Crippen LogP contribution is -2.46. The van der Waals surface area contributed by atoms with E-state index in [2.05, 4.69) is 30.1 Å². The predicted octanol–water partition coefficient (Wildman–Crippen LogP) is 2.64. The first-order chi connectivity index (χ1) is 12.0. The summed E-state index contributed by atoms with van der Waals surface area (Å²) in [5.74, 6) is -0.977. The molecule has 134 valence electrons. The Labute approximate surface area is 148 Å². The summed E-state index contributed by atoms with van der Waals surface area (Å²) in [4.78, 5) is 26.2. The molecule has 6 nitrogen and oxygen atoms in total. The smallest absolute Gasteiger partial charge is 0.338 e. The Hall–Kier alpha value is -2.55. The lowest BCUT2D eigenvalue weighted by Gasteiger charge is -2.22. The number of nitriles is 1. The van der Waals surface area contributed by atoms with Gasteiger partial charge < -0.3 is 15.0 Å². The first-order valence-corrected chi connectivity index (χ1v) is 8.78. The second-order valence-corrected chi connectivity index (χ2v) is 6.24. The maximum Gasteiger partial charge on any atom is 0.338 e. The van der Waals surface area contributed by atoms with Crippen molar-refractivity contribution in [2.45, 2.75) is 45.1 Å². The Morgan fingerprint density at radius 2 is 1.80 bits per heavy atom. The molecule has 0 atom stereocenters. The van der Waals surface area contributed by atoms with Crippen LogP contribution in [0.15, 0.2) is 24.3 Å². The van der Waals surface area contributed by atoms with Gasteiger partial charge in [-0.1, -0.05) is 0 Å². The largest absolute Gasteiger partial charge is 0.452 e. The molecule has 0 radical (unpaired) electrons. The molecule has 0 spiro atoms. The van der Waals surface area contributed by atoms with Gasteiger partial charge in [-0.25, -0.2) is 4.79 Å². The summed E-state index contributed by atoms with van der Waals surface area (Å²) >= 11 is 0. The highest BCUT2D eigenvalue weighted by molar-refractivity contribution is 5.91. The Balaban J connectivity index is 1.87. The number of carbonyl (C=O) groups excluding carboxylic acids is 2. The van der Waals surface area contributed by atoms with E-state index in [1.165, 1.54) is 0 Å². The third-order valence-corrected chi connectivity index (χ3v) is 4.62. The van der Waals surface area contributed by atoms with Crippen LogP contribution in [0.3, 0.4) is 0 Å². The Bertz CT molecular complexity index is 639. The molecular weight excluding hydrogens is 318 g/mol. The molecule has 1 aromatic carbocycles. The third-order valence-electron chi connectivity index (χ3n) is 4.62. The molecular formula is C19H25N3O3. The summed E-state index contributed by atoms with van der Waals surface area (Å²) in [6.45, 7) is 5.55. The fourth-order valence-electron chi connectivity index (χ4n) is 3.16. The Kier molecular flexibility index (Phi) is 6.40. The first kappa shape index (κ1) is 18.8. The van der Waals surface area contributed by atoms with Gasteiger partial charge in [0, 0.05) is 18.8 Å². The molecule has 0 saturated heterocycles. The van der Waals surface area contributed by atoms with Crippen molar-refractivity contribution in [3.05, 3.63) is 29.8 Å². The maximum absolute atomic E-state index is 12.1. The minimum Gasteiger partial charge on any atom is -0.452 e. The fraction of sp³-hybridized carbons (Fsp3) is 0.526. The summed E-state index contributed by atoms with van der Waals surface area (Å²) < 4.78 is 5.07. The number of nitrogens with one attached hydrogen (secondary N) is 1. The van der Waals surface area contributed by atoms with Gasteiger partial charge in [-0.05, 0) is 63.8 Å². The summed E-state index contributed by atoms with van der Waals surface area (Å²) in [6.07, 6.45) is 3.14. The number of carbonyl (C=O) groups is 2. The van der Waals surface area contributed by atoms with Crippen LogP contribution >= 0.6 is 0 Å². The fourth-order valence-corrected chi connectivity index (χ4v) is 3.16. The quantitative estimate of drug-likeness (QED) is 0.770. The maximum atomic E-state index is 12.1. The molecule has 0 aromatic heterocycles. The van der Waals surface area contributed by atoms with Crippen molar-refractivity contribution in [3.63, 3.8) is 0 Å². The highest BCUT2D eigenvalue weighted by Crippen LogP contribution is 2.28. The van der Waals surface area contributed by atoms with E-state index in [0.717, 1.165) is 31.6 Å². The van der Waals surface area contributed by atoms with E-state index in [1.807, 2.05) is 12.1 Å². The highest BCUT2D eigenvalue weighted by Gasteiger charge is 2.35. The van der Waals surface area contributed by atoms with E-state index in [4.69, 9.17) is 4.74 Å². The molecule has 1 amide bonds. The first-order valence-electron chi connectivity index (χ1n) is 8.78. The van der Waals surface area contributed by atoms with Crippen LogP contribution in [-0.4, -0.2) is 37.1 Å². The van der Waals surface area contributed by atoms with Gasteiger partial charge in [-0.2, -0.15) is 5.26 Å². The van der Waals surface area contributed by atoms with E-state index in [-0.39, 0.29) is 6.61 Å². The van der Waals surface area contributed by atoms with E-state index in [0.29, 0.717) is 18.4 Å². The van der Waals surface area contributed by atoms with Gasteiger partial charge in [0.2, 0.25) is 0 Å². The second kappa shape index (κ2) is 8.52. The van der Waals surface area contributed by atoms with Crippen molar-refractivity contribution in [3.8, 4) is 6.07 Å². The second-order valence-electron chi connectivity index (χ2n) is 6.24. The molecule has 0 bridgehead atoms. The van der Waals surface area contributed by atoms with Crippen molar-refractivity contribution in [1.82, 2.24) is 5.32 Å². The normalized spacial score (nSPS) is 15.2. The van der Waals surface area contributed by atoms with E-state index < -0.39 is 17.4 Å². The lowest BCUT2D eigenvalue weighted by atomic mass is 10.00. The molecule has 1 saturated carbocycles. The standard InChI is InChI=1S/C19H25N3O3/c1-3-22(4-2)16-9-7-15(8-10-16)18(24)25-13-17(23)21-19(14-20)11-5-6-12-19/h7-10H,3-6,11-13H2,1-2H3,(H,21,23). The van der Waals surface area contributed by atoms with Crippen LogP contribution in [0.25, 0.3) is 0 Å². The number of amides is 1. The number of esters is 1. The number of hydrogen-bond acceptors (Lipinski definition) is 5. The molecule has 1 N–H and O–H groups in total. The van der Waals surface area contributed by atoms with Crippen molar-refractivity contribution in [2.24, 2.45) is 0 Å². The van der Waals surface area contributed by atoms with Gasteiger partial charge in [0.15, 0.2) is 6.61 Å². The summed E-state index contributed by atoms with van der Waals surface area (Å²) in [5, 5.41) is 12.0. The van der Waals surface area contributed by atoms with Crippen molar-refractivity contribution < 1.29 is 14.3 Å². The predicted molar refractivity (Wildman–Crippen MR) is 95.2 cm³/mol. The summed E-state index contributed by atoms with van der Waals surface area (Å²) in [6, 6.07) is 9.31. The average Bonchev–Trinajstić information content (AvgIpc) is 3.10. The van der Waals surface area contributed by atoms with Crippen LogP contribution in [0.4, 0.5) is 5.69 Å². The molecule has 0 aliphatic heterocycles.